The van der Waals surface area contributed by atoms with Gasteiger partial charge in [-0.15, -0.1) is 5.10 Å². The highest BCUT2D eigenvalue weighted by atomic mass is 32.1. The molecule has 30 heavy (non-hydrogen) atoms. The van der Waals surface area contributed by atoms with Gasteiger partial charge in [-0.25, -0.2) is 9.25 Å². The first-order valence-electron chi connectivity index (χ1n) is 10.1. The molecule has 1 N–H and O–H groups in total. The molecular weight excluding hydrogens is 398 g/mol. The van der Waals surface area contributed by atoms with Crippen LogP contribution in [0.3, 0.4) is 0 Å². The van der Waals surface area contributed by atoms with Crippen LogP contribution in [-0.2, 0) is 6.67 Å². The molecule has 7 nitrogen and oxygen atoms in total. The monoisotopic (exact) mass is 421 g/mol. The van der Waals surface area contributed by atoms with Crippen LogP contribution in [0.2, 0.25) is 0 Å². The van der Waals surface area contributed by atoms with Crippen LogP contribution < -0.4 is 5.56 Å². The Labute approximate surface area is 178 Å². The standard InChI is InChI=1S/C22H23N5O2S/c1-15-7-2-4-10-18(15)26-20(29)17-9-3-5-11-19(17)27-21(26)23-25(22(27)30)14-24-12-6-8-16(28)13-24/h2-5,7,9-11,16,28H,6,8,12-14H2,1H3/t16-/m0/s1. The molecule has 5 rings (SSSR count). The van der Waals surface area contributed by atoms with Crippen molar-refractivity contribution in [2.24, 2.45) is 0 Å². The number of fused-ring (bicyclic) bond motifs is 3. The van der Waals surface area contributed by atoms with E-state index in [4.69, 9.17) is 17.3 Å². The van der Waals surface area contributed by atoms with Gasteiger partial charge in [-0.1, -0.05) is 30.3 Å². The minimum Gasteiger partial charge on any atom is -0.392 e. The zero-order chi connectivity index (χ0) is 20.8. The van der Waals surface area contributed by atoms with Crippen molar-refractivity contribution in [3.63, 3.8) is 0 Å². The fraction of sp³-hybridized carbons (Fsp3) is 0.318. The summed E-state index contributed by atoms with van der Waals surface area (Å²) < 4.78 is 5.81. The molecule has 0 amide bonds. The van der Waals surface area contributed by atoms with Gasteiger partial charge in [0.2, 0.25) is 10.5 Å². The summed E-state index contributed by atoms with van der Waals surface area (Å²) in [7, 11) is 0. The van der Waals surface area contributed by atoms with Crippen molar-refractivity contribution < 1.29 is 5.11 Å². The highest BCUT2D eigenvalue weighted by molar-refractivity contribution is 7.71. The Morgan fingerprint density at radius 3 is 2.73 bits per heavy atom. The summed E-state index contributed by atoms with van der Waals surface area (Å²) in [6, 6.07) is 15.3. The van der Waals surface area contributed by atoms with Crippen molar-refractivity contribution in [1.82, 2.24) is 23.6 Å². The van der Waals surface area contributed by atoms with Crippen molar-refractivity contribution in [2.75, 3.05) is 13.1 Å². The number of aliphatic hydroxyl groups excluding tert-OH is 1. The summed E-state index contributed by atoms with van der Waals surface area (Å²) in [5, 5.41) is 15.4. The van der Waals surface area contributed by atoms with Gasteiger partial charge in [-0.05, 0) is 55.7 Å². The highest BCUT2D eigenvalue weighted by Gasteiger charge is 2.21. The number of piperidine rings is 1. The van der Waals surface area contributed by atoms with Gasteiger partial charge in [0, 0.05) is 13.1 Å². The molecule has 0 aliphatic carbocycles. The quantitative estimate of drug-likeness (QED) is 0.515. The number of benzene rings is 2. The van der Waals surface area contributed by atoms with Gasteiger partial charge in [0.05, 0.1) is 29.4 Å². The number of nitrogens with zero attached hydrogens (tertiary/aromatic N) is 5. The third-order valence-electron chi connectivity index (χ3n) is 5.77. The first-order valence-corrected chi connectivity index (χ1v) is 10.5. The van der Waals surface area contributed by atoms with Gasteiger partial charge >= 0.3 is 0 Å². The lowest BCUT2D eigenvalue weighted by atomic mass is 10.1. The third-order valence-corrected chi connectivity index (χ3v) is 6.16. The van der Waals surface area contributed by atoms with Crippen molar-refractivity contribution in [3.05, 3.63) is 69.2 Å². The first kappa shape index (κ1) is 19.2. The molecule has 154 valence electrons. The lowest BCUT2D eigenvalue weighted by molar-refractivity contribution is 0.0514. The number of likely N-dealkylation sites (tertiary alicyclic amines) is 1. The number of rotatable bonds is 3. The fourth-order valence-corrected chi connectivity index (χ4v) is 4.56. The van der Waals surface area contributed by atoms with Gasteiger partial charge in [-0.3, -0.25) is 14.1 Å². The van der Waals surface area contributed by atoms with Crippen LogP contribution in [0.1, 0.15) is 18.4 Å². The Morgan fingerprint density at radius 2 is 1.93 bits per heavy atom. The summed E-state index contributed by atoms with van der Waals surface area (Å²) in [5.74, 6) is 0.496. The zero-order valence-electron chi connectivity index (χ0n) is 16.7. The average molecular weight is 422 g/mol. The maximum absolute atomic E-state index is 13.5. The van der Waals surface area contributed by atoms with E-state index in [-0.39, 0.29) is 11.7 Å². The maximum atomic E-state index is 13.5. The van der Waals surface area contributed by atoms with Crippen LogP contribution in [0.4, 0.5) is 0 Å². The van der Waals surface area contributed by atoms with E-state index in [1.165, 1.54) is 0 Å². The summed E-state index contributed by atoms with van der Waals surface area (Å²) in [5.41, 5.74) is 2.40. The Hall–Kier alpha value is -2.81. The van der Waals surface area contributed by atoms with Gasteiger partial charge in [0.15, 0.2) is 0 Å². The first-order chi connectivity index (χ1) is 14.5. The van der Waals surface area contributed by atoms with E-state index in [0.717, 1.165) is 36.2 Å². The number of hydrogen-bond donors (Lipinski definition) is 1. The average Bonchev–Trinajstić information content (AvgIpc) is 3.05. The number of aromatic nitrogens is 4. The SMILES string of the molecule is Cc1ccccc1-n1c(=O)c2ccccc2n2c(=S)n(CN3CCC[C@H](O)C3)nc12. The van der Waals surface area contributed by atoms with E-state index < -0.39 is 0 Å². The second-order valence-corrected chi connectivity index (χ2v) is 8.24. The number of aliphatic hydroxyl groups is 1. The highest BCUT2D eigenvalue weighted by Crippen LogP contribution is 2.20. The molecule has 2 aromatic carbocycles. The molecule has 1 saturated heterocycles. The molecule has 1 fully saturated rings. The minimum atomic E-state index is -0.323. The molecule has 0 bridgehead atoms. The van der Waals surface area contributed by atoms with E-state index in [1.54, 1.807) is 9.25 Å². The molecule has 3 heterocycles. The van der Waals surface area contributed by atoms with Crippen LogP contribution >= 0.6 is 12.2 Å². The Kier molecular flexibility index (Phi) is 4.77. The normalized spacial score (nSPS) is 17.7. The molecule has 0 radical (unpaired) electrons. The van der Waals surface area contributed by atoms with Crippen molar-refractivity contribution in [3.8, 4) is 5.69 Å². The largest absolute Gasteiger partial charge is 0.392 e. The fourth-order valence-electron chi connectivity index (χ4n) is 4.29. The van der Waals surface area contributed by atoms with Crippen LogP contribution in [0, 0.1) is 11.7 Å². The number of hydrogen-bond acceptors (Lipinski definition) is 5. The Morgan fingerprint density at radius 1 is 1.17 bits per heavy atom. The molecular formula is C22H23N5O2S. The van der Waals surface area contributed by atoms with Crippen molar-refractivity contribution >= 4 is 28.9 Å². The van der Waals surface area contributed by atoms with E-state index in [2.05, 4.69) is 4.90 Å². The number of aryl methyl sites for hydroxylation is 1. The zero-order valence-corrected chi connectivity index (χ0v) is 17.5. The molecule has 1 aliphatic heterocycles. The Balaban J connectivity index is 1.79. The van der Waals surface area contributed by atoms with E-state index in [0.29, 0.717) is 29.1 Å². The second-order valence-electron chi connectivity index (χ2n) is 7.88. The van der Waals surface area contributed by atoms with E-state index in [9.17, 15) is 9.90 Å². The van der Waals surface area contributed by atoms with Crippen molar-refractivity contribution in [1.29, 1.82) is 0 Å². The molecule has 8 heteroatoms. The summed E-state index contributed by atoms with van der Waals surface area (Å²) >= 11 is 5.80. The van der Waals surface area contributed by atoms with Gasteiger partial charge in [-0.2, -0.15) is 0 Å². The van der Waals surface area contributed by atoms with E-state index >= 15 is 0 Å². The lowest BCUT2D eigenvalue weighted by Gasteiger charge is -2.29. The predicted octanol–water partition coefficient (Wildman–Crippen LogP) is 2.89. The smallest absolute Gasteiger partial charge is 0.267 e. The third kappa shape index (κ3) is 3.08. The molecule has 0 saturated carbocycles. The second kappa shape index (κ2) is 7.46. The van der Waals surface area contributed by atoms with Crippen LogP contribution in [0.25, 0.3) is 22.4 Å². The van der Waals surface area contributed by atoms with Crippen LogP contribution in [0.15, 0.2) is 53.3 Å². The van der Waals surface area contributed by atoms with Crippen LogP contribution in [0.5, 0.6) is 0 Å². The molecule has 1 aliphatic rings. The number of β-amino-alcohol motifs (C(OH)–C–C–N with tert-alkyl or cyclic N) is 1. The summed E-state index contributed by atoms with van der Waals surface area (Å²) in [6.45, 7) is 3.95. The molecule has 0 unspecified atom stereocenters. The summed E-state index contributed by atoms with van der Waals surface area (Å²) in [6.07, 6.45) is 1.44. The van der Waals surface area contributed by atoms with Crippen LogP contribution in [-0.4, -0.2) is 47.9 Å². The van der Waals surface area contributed by atoms with E-state index in [1.807, 2.05) is 59.9 Å². The summed E-state index contributed by atoms with van der Waals surface area (Å²) in [4.78, 5) is 15.6. The molecule has 4 aromatic rings. The minimum absolute atomic E-state index is 0.118. The van der Waals surface area contributed by atoms with Gasteiger partial charge in [0.1, 0.15) is 0 Å². The lowest BCUT2D eigenvalue weighted by Crippen LogP contribution is -2.39. The molecule has 1 atom stereocenters. The number of para-hydroxylation sites is 2. The Bertz CT molecular complexity index is 1370. The molecule has 0 spiro atoms. The molecule has 2 aromatic heterocycles. The maximum Gasteiger partial charge on any atom is 0.267 e. The topological polar surface area (TPSA) is 67.7 Å². The van der Waals surface area contributed by atoms with Gasteiger partial charge in [0.25, 0.3) is 5.56 Å². The predicted molar refractivity (Wildman–Crippen MR) is 119 cm³/mol. The van der Waals surface area contributed by atoms with Gasteiger partial charge < -0.3 is 5.11 Å². The van der Waals surface area contributed by atoms with Crippen molar-refractivity contribution in [2.45, 2.75) is 32.5 Å².